The fraction of sp³-hybridized carbons (Fsp3) is 0.143. The van der Waals surface area contributed by atoms with Crippen molar-refractivity contribution in [1.82, 2.24) is 0 Å². The van der Waals surface area contributed by atoms with E-state index >= 15 is 0 Å². The minimum Gasteiger partial charge on any atom is -0.0683 e. The summed E-state index contributed by atoms with van der Waals surface area (Å²) in [6.45, 7) is 8.25. The van der Waals surface area contributed by atoms with Gasteiger partial charge >= 0.3 is 0 Å². The lowest BCUT2D eigenvalue weighted by atomic mass is 10.0. The molecule has 0 N–H and O–H groups in total. The Morgan fingerprint density at radius 2 is 0.821 bits per heavy atom. The molecular weight excluding hydrogens is 336 g/mol. The lowest BCUT2D eigenvalue weighted by molar-refractivity contribution is 1.46. The molecule has 4 rings (SSSR count). The highest BCUT2D eigenvalue weighted by Gasteiger charge is 1.98. The first kappa shape index (κ1) is 21.2. The molecule has 4 aromatic carbocycles. The smallest absolute Gasteiger partial charge is 0.0155 e. The maximum absolute atomic E-state index is 2.16. The summed E-state index contributed by atoms with van der Waals surface area (Å²) in [5, 5.41) is 0. The fourth-order valence-corrected chi connectivity index (χ4v) is 2.89. The second-order valence-corrected chi connectivity index (χ2v) is 6.41. The monoisotopic (exact) mass is 366 g/mol. The first-order chi connectivity index (χ1) is 13.7. The van der Waals surface area contributed by atoms with Crippen molar-refractivity contribution in [2.24, 2.45) is 0 Å². The Bertz CT molecular complexity index is 920. The lowest BCUT2D eigenvalue weighted by Crippen LogP contribution is -1.80. The van der Waals surface area contributed by atoms with E-state index in [0.29, 0.717) is 0 Å². The van der Waals surface area contributed by atoms with Crippen LogP contribution in [0.2, 0.25) is 0 Å². The normalized spacial score (nSPS) is 9.43. The summed E-state index contributed by atoms with van der Waals surface area (Å²) in [5.41, 5.74) is 7.81. The van der Waals surface area contributed by atoms with Crippen LogP contribution in [0.1, 0.15) is 25.0 Å². The van der Waals surface area contributed by atoms with Crippen LogP contribution in [0.4, 0.5) is 0 Å². The molecule has 0 fully saturated rings. The Morgan fingerprint density at radius 3 is 1.36 bits per heavy atom. The van der Waals surface area contributed by atoms with Gasteiger partial charge in [-0.1, -0.05) is 129 Å². The van der Waals surface area contributed by atoms with Crippen LogP contribution in [0.15, 0.2) is 109 Å². The Kier molecular flexibility index (Phi) is 8.75. The van der Waals surface area contributed by atoms with E-state index in [4.69, 9.17) is 0 Å². The molecule has 0 radical (unpaired) electrons. The molecular formula is C28H30. The van der Waals surface area contributed by atoms with E-state index in [1.54, 1.807) is 0 Å². The predicted molar refractivity (Wildman–Crippen MR) is 125 cm³/mol. The first-order valence-corrected chi connectivity index (χ1v) is 9.97. The van der Waals surface area contributed by atoms with E-state index in [2.05, 4.69) is 111 Å². The molecule has 0 atom stereocenters. The average Bonchev–Trinajstić information content (AvgIpc) is 2.78. The van der Waals surface area contributed by atoms with Crippen LogP contribution in [0, 0.1) is 13.8 Å². The van der Waals surface area contributed by atoms with Crippen LogP contribution in [0.5, 0.6) is 0 Å². The maximum atomic E-state index is 2.16. The van der Waals surface area contributed by atoms with Crippen LogP contribution in [0.3, 0.4) is 0 Å². The van der Waals surface area contributed by atoms with Gasteiger partial charge in [-0.3, -0.25) is 0 Å². The van der Waals surface area contributed by atoms with Gasteiger partial charge in [-0.25, -0.2) is 0 Å². The molecule has 0 aliphatic heterocycles. The first-order valence-electron chi connectivity index (χ1n) is 9.97. The number of hydrogen-bond acceptors (Lipinski definition) is 0. The molecule has 0 bridgehead atoms. The highest BCUT2D eigenvalue weighted by molar-refractivity contribution is 5.66. The van der Waals surface area contributed by atoms with E-state index in [1.165, 1.54) is 33.4 Å². The van der Waals surface area contributed by atoms with Crippen LogP contribution in [0.25, 0.3) is 22.3 Å². The van der Waals surface area contributed by atoms with Crippen LogP contribution in [-0.4, -0.2) is 0 Å². The fourth-order valence-electron chi connectivity index (χ4n) is 2.89. The zero-order valence-corrected chi connectivity index (χ0v) is 17.4. The van der Waals surface area contributed by atoms with Gasteiger partial charge in [0.15, 0.2) is 0 Å². The zero-order valence-electron chi connectivity index (χ0n) is 17.4. The van der Waals surface area contributed by atoms with E-state index in [0.717, 1.165) is 0 Å². The van der Waals surface area contributed by atoms with Crippen molar-refractivity contribution in [3.05, 3.63) is 120 Å². The molecule has 0 saturated carbocycles. The second-order valence-electron chi connectivity index (χ2n) is 6.41. The van der Waals surface area contributed by atoms with Gasteiger partial charge in [0.05, 0.1) is 0 Å². The van der Waals surface area contributed by atoms with Gasteiger partial charge in [0.2, 0.25) is 0 Å². The molecule has 0 saturated heterocycles. The second kappa shape index (κ2) is 11.6. The van der Waals surface area contributed by atoms with Crippen LogP contribution >= 0.6 is 0 Å². The number of hydrogen-bond donors (Lipinski definition) is 0. The third-order valence-corrected chi connectivity index (χ3v) is 4.39. The molecule has 0 unspecified atom stereocenters. The van der Waals surface area contributed by atoms with Crippen LogP contribution in [-0.2, 0) is 0 Å². The van der Waals surface area contributed by atoms with Crippen molar-refractivity contribution < 1.29 is 0 Å². The van der Waals surface area contributed by atoms with Gasteiger partial charge < -0.3 is 0 Å². The summed E-state index contributed by atoms with van der Waals surface area (Å²) in [4.78, 5) is 0. The largest absolute Gasteiger partial charge is 0.0683 e. The highest BCUT2D eigenvalue weighted by Crippen LogP contribution is 2.22. The van der Waals surface area contributed by atoms with Gasteiger partial charge in [0.1, 0.15) is 0 Å². The SMILES string of the molecule is CC.Cc1ccc(-c2ccccc2)cc1.Cc1ccccc1-c1ccccc1. The number of rotatable bonds is 2. The molecule has 0 spiro atoms. The van der Waals surface area contributed by atoms with Crippen LogP contribution < -0.4 is 0 Å². The average molecular weight is 367 g/mol. The minimum atomic E-state index is 1.28. The molecule has 142 valence electrons. The van der Waals surface area contributed by atoms with Gasteiger partial charge in [-0.15, -0.1) is 0 Å². The molecule has 0 amide bonds. The summed E-state index contributed by atoms with van der Waals surface area (Å²) in [5.74, 6) is 0. The summed E-state index contributed by atoms with van der Waals surface area (Å²) in [7, 11) is 0. The van der Waals surface area contributed by atoms with Crippen molar-refractivity contribution in [2.75, 3.05) is 0 Å². The van der Waals surface area contributed by atoms with Crippen molar-refractivity contribution >= 4 is 0 Å². The molecule has 0 aliphatic carbocycles. The van der Waals surface area contributed by atoms with Crippen molar-refractivity contribution in [3.63, 3.8) is 0 Å². The van der Waals surface area contributed by atoms with Crippen molar-refractivity contribution in [2.45, 2.75) is 27.7 Å². The van der Waals surface area contributed by atoms with Gasteiger partial charge in [0.25, 0.3) is 0 Å². The van der Waals surface area contributed by atoms with Gasteiger partial charge in [-0.05, 0) is 41.7 Å². The van der Waals surface area contributed by atoms with E-state index in [-0.39, 0.29) is 0 Å². The molecule has 0 heteroatoms. The standard InChI is InChI=1S/2C13H12.C2H6/c1-11-7-5-6-10-13(11)12-8-3-2-4-9-12;1-11-7-9-13(10-8-11)12-5-3-2-4-6-12;1-2/h2*2-10H,1H3;1-2H3. The van der Waals surface area contributed by atoms with Crippen molar-refractivity contribution in [1.29, 1.82) is 0 Å². The third kappa shape index (κ3) is 6.25. The molecule has 4 aromatic rings. The molecule has 0 heterocycles. The summed E-state index contributed by atoms with van der Waals surface area (Å²) < 4.78 is 0. The predicted octanol–water partition coefficient (Wildman–Crippen LogP) is 8.35. The van der Waals surface area contributed by atoms with Crippen molar-refractivity contribution in [3.8, 4) is 22.3 Å². The van der Waals surface area contributed by atoms with E-state index in [9.17, 15) is 0 Å². The summed E-state index contributed by atoms with van der Waals surface area (Å²) in [6.07, 6.45) is 0. The Labute approximate surface area is 170 Å². The lowest BCUT2D eigenvalue weighted by Gasteiger charge is -2.04. The quantitative estimate of drug-likeness (QED) is 0.334. The molecule has 0 aliphatic rings. The Hall–Kier alpha value is -3.12. The topological polar surface area (TPSA) is 0 Å². The summed E-state index contributed by atoms with van der Waals surface area (Å²) in [6, 6.07) is 37.9. The molecule has 0 aromatic heterocycles. The minimum absolute atomic E-state index is 1.28. The Balaban J connectivity index is 0.000000184. The highest BCUT2D eigenvalue weighted by atomic mass is 14.0. The molecule has 0 nitrogen and oxygen atoms in total. The van der Waals surface area contributed by atoms with Gasteiger partial charge in [0, 0.05) is 0 Å². The molecule has 28 heavy (non-hydrogen) atoms. The maximum Gasteiger partial charge on any atom is -0.0155 e. The number of benzene rings is 4. The summed E-state index contributed by atoms with van der Waals surface area (Å²) >= 11 is 0. The Morgan fingerprint density at radius 1 is 0.393 bits per heavy atom. The van der Waals surface area contributed by atoms with E-state index < -0.39 is 0 Å². The van der Waals surface area contributed by atoms with Gasteiger partial charge in [-0.2, -0.15) is 0 Å². The third-order valence-electron chi connectivity index (χ3n) is 4.39. The zero-order chi connectivity index (χ0) is 20.2. The van der Waals surface area contributed by atoms with E-state index in [1.807, 2.05) is 26.0 Å². The number of aryl methyl sites for hydroxylation is 2.